The number of carbonyl (C=O) groups excluding carboxylic acids is 1. The van der Waals surface area contributed by atoms with Crippen LogP contribution in [0.2, 0.25) is 0 Å². The third-order valence-electron chi connectivity index (χ3n) is 3.56. The Balaban J connectivity index is 2.08. The van der Waals surface area contributed by atoms with Crippen molar-refractivity contribution in [1.29, 1.82) is 0 Å². The van der Waals surface area contributed by atoms with Gasteiger partial charge in [0.2, 0.25) is 0 Å². The summed E-state index contributed by atoms with van der Waals surface area (Å²) in [6.45, 7) is 5.39. The van der Waals surface area contributed by atoms with E-state index in [2.05, 4.69) is 11.1 Å². The van der Waals surface area contributed by atoms with E-state index in [0.29, 0.717) is 17.1 Å². The van der Waals surface area contributed by atoms with Crippen molar-refractivity contribution in [2.45, 2.75) is 20.3 Å². The van der Waals surface area contributed by atoms with Gasteiger partial charge in [-0.3, -0.25) is 4.79 Å². The number of nitrogens with zero attached hydrogens (tertiary/aromatic N) is 2. The molecule has 3 heterocycles. The first kappa shape index (κ1) is 13.1. The van der Waals surface area contributed by atoms with Gasteiger partial charge in [0.1, 0.15) is 9.71 Å². The molecule has 0 unspecified atom stereocenters. The van der Waals surface area contributed by atoms with Gasteiger partial charge in [0, 0.05) is 24.2 Å². The number of hydrogen-bond donors (Lipinski definition) is 1. The van der Waals surface area contributed by atoms with E-state index in [-0.39, 0.29) is 5.91 Å². The third kappa shape index (κ3) is 2.08. The van der Waals surface area contributed by atoms with Crippen LogP contribution in [0, 0.1) is 13.8 Å². The van der Waals surface area contributed by atoms with Crippen LogP contribution in [0.25, 0.3) is 10.2 Å². The molecule has 3 rings (SSSR count). The van der Waals surface area contributed by atoms with Crippen LogP contribution in [0.1, 0.15) is 27.3 Å². The second kappa shape index (κ2) is 4.90. The van der Waals surface area contributed by atoms with Crippen molar-refractivity contribution in [2.24, 2.45) is 0 Å². The van der Waals surface area contributed by atoms with Gasteiger partial charge in [0.05, 0.1) is 5.69 Å². The Bertz CT molecular complexity index is 717. The van der Waals surface area contributed by atoms with Gasteiger partial charge >= 0.3 is 0 Å². The number of pyridine rings is 1. The number of aryl methyl sites for hydroxylation is 2. The van der Waals surface area contributed by atoms with Gasteiger partial charge in [0.25, 0.3) is 5.91 Å². The molecular weight excluding hydrogens is 270 g/mol. The van der Waals surface area contributed by atoms with E-state index in [1.165, 1.54) is 11.3 Å². The van der Waals surface area contributed by atoms with Gasteiger partial charge in [-0.15, -0.1) is 11.3 Å². The normalized spacial score (nSPS) is 15.0. The second-order valence-electron chi connectivity index (χ2n) is 5.12. The molecule has 1 aliphatic rings. The molecule has 0 fully saturated rings. The number of hydrogen-bond acceptors (Lipinski definition) is 4. The minimum absolute atomic E-state index is 0.0203. The first-order valence-corrected chi connectivity index (χ1v) is 7.50. The van der Waals surface area contributed by atoms with Crippen molar-refractivity contribution in [3.63, 3.8) is 0 Å². The lowest BCUT2D eigenvalue weighted by Gasteiger charge is -2.22. The van der Waals surface area contributed by atoms with Gasteiger partial charge in [-0.2, -0.15) is 0 Å². The van der Waals surface area contributed by atoms with Gasteiger partial charge in [0.15, 0.2) is 0 Å². The average Bonchev–Trinajstić information content (AvgIpc) is 2.76. The smallest absolute Gasteiger partial charge is 0.266 e. The van der Waals surface area contributed by atoms with E-state index in [9.17, 15) is 4.79 Å². The predicted octanol–water partition coefficient (Wildman–Crippen LogP) is 2.90. The van der Waals surface area contributed by atoms with E-state index >= 15 is 0 Å². The molecule has 1 amide bonds. The highest BCUT2D eigenvalue weighted by atomic mass is 32.1. The monoisotopic (exact) mass is 287 g/mol. The molecule has 0 aliphatic carbocycles. The zero-order chi connectivity index (χ0) is 14.3. The predicted molar refractivity (Wildman–Crippen MR) is 83.2 cm³/mol. The number of thiophene rings is 1. The molecule has 104 valence electrons. The summed E-state index contributed by atoms with van der Waals surface area (Å²) in [7, 11) is 0. The Kier molecular flexibility index (Phi) is 3.22. The molecule has 0 saturated carbocycles. The number of rotatable bonds is 1. The van der Waals surface area contributed by atoms with Crippen LogP contribution in [0.4, 0.5) is 5.69 Å². The fourth-order valence-corrected chi connectivity index (χ4v) is 3.78. The van der Waals surface area contributed by atoms with Crippen molar-refractivity contribution in [1.82, 2.24) is 9.88 Å². The van der Waals surface area contributed by atoms with Crippen LogP contribution in [0.5, 0.6) is 0 Å². The summed E-state index contributed by atoms with van der Waals surface area (Å²) in [5, 5.41) is 0.927. The molecule has 0 saturated heterocycles. The van der Waals surface area contributed by atoms with Crippen LogP contribution in [-0.4, -0.2) is 28.9 Å². The maximum Gasteiger partial charge on any atom is 0.266 e. The number of aromatic nitrogens is 1. The molecule has 0 atom stereocenters. The third-order valence-corrected chi connectivity index (χ3v) is 4.65. The van der Waals surface area contributed by atoms with Crippen LogP contribution in [0.15, 0.2) is 18.2 Å². The number of nitrogens with two attached hydrogens (primary N) is 1. The lowest BCUT2D eigenvalue weighted by atomic mass is 10.1. The molecule has 2 aromatic rings. The van der Waals surface area contributed by atoms with E-state index < -0.39 is 0 Å². The highest BCUT2D eigenvalue weighted by Crippen LogP contribution is 2.35. The first-order valence-electron chi connectivity index (χ1n) is 6.68. The maximum absolute atomic E-state index is 12.6. The fourth-order valence-electron chi connectivity index (χ4n) is 2.60. The van der Waals surface area contributed by atoms with Crippen molar-refractivity contribution in [3.8, 4) is 0 Å². The van der Waals surface area contributed by atoms with Crippen LogP contribution < -0.4 is 5.73 Å². The van der Waals surface area contributed by atoms with E-state index in [4.69, 9.17) is 5.73 Å². The highest BCUT2D eigenvalue weighted by molar-refractivity contribution is 7.21. The average molecular weight is 287 g/mol. The summed E-state index contributed by atoms with van der Waals surface area (Å²) in [6.07, 6.45) is 5.04. The van der Waals surface area contributed by atoms with Crippen molar-refractivity contribution >= 4 is 33.1 Å². The molecule has 1 aliphatic heterocycles. The summed E-state index contributed by atoms with van der Waals surface area (Å²) in [6, 6.07) is 2.00. The summed E-state index contributed by atoms with van der Waals surface area (Å²) in [5.74, 6) is 0.0203. The van der Waals surface area contributed by atoms with Gasteiger partial charge < -0.3 is 10.6 Å². The molecule has 20 heavy (non-hydrogen) atoms. The van der Waals surface area contributed by atoms with Crippen molar-refractivity contribution < 1.29 is 4.79 Å². The maximum atomic E-state index is 12.6. The van der Waals surface area contributed by atoms with E-state index in [1.807, 2.05) is 30.9 Å². The quantitative estimate of drug-likeness (QED) is 0.820. The number of anilines is 1. The summed E-state index contributed by atoms with van der Waals surface area (Å²) in [5.41, 5.74) is 8.82. The van der Waals surface area contributed by atoms with Gasteiger partial charge in [-0.1, -0.05) is 12.2 Å². The highest BCUT2D eigenvalue weighted by Gasteiger charge is 2.23. The number of nitrogen functional groups attached to an aromatic ring is 1. The number of carbonyl (C=O) groups is 1. The number of fused-ring (bicyclic) bond motifs is 1. The Morgan fingerprint density at radius 2 is 2.20 bits per heavy atom. The molecule has 0 radical (unpaired) electrons. The summed E-state index contributed by atoms with van der Waals surface area (Å²) in [4.78, 5) is 20.4. The molecule has 0 bridgehead atoms. The van der Waals surface area contributed by atoms with Crippen molar-refractivity contribution in [2.75, 3.05) is 18.8 Å². The Labute approximate surface area is 121 Å². The van der Waals surface area contributed by atoms with Crippen molar-refractivity contribution in [3.05, 3.63) is 34.4 Å². The zero-order valence-electron chi connectivity index (χ0n) is 11.6. The minimum atomic E-state index is 0.0203. The van der Waals surface area contributed by atoms with Crippen LogP contribution in [0.3, 0.4) is 0 Å². The lowest BCUT2D eigenvalue weighted by molar-refractivity contribution is 0.0777. The van der Waals surface area contributed by atoms with Crippen LogP contribution >= 0.6 is 11.3 Å². The van der Waals surface area contributed by atoms with E-state index in [0.717, 1.165) is 34.4 Å². The SMILES string of the molecule is Cc1cc(C)c2c(N)c(C(=O)N3CC=CCC3)sc2n1. The fraction of sp³-hybridized carbons (Fsp3) is 0.333. The molecule has 2 N–H and O–H groups in total. The minimum Gasteiger partial charge on any atom is -0.397 e. The van der Waals surface area contributed by atoms with E-state index in [1.54, 1.807) is 0 Å². The molecule has 2 aromatic heterocycles. The summed E-state index contributed by atoms with van der Waals surface area (Å²) >= 11 is 1.40. The molecule has 5 heteroatoms. The Morgan fingerprint density at radius 3 is 2.90 bits per heavy atom. The number of amides is 1. The second-order valence-corrected chi connectivity index (χ2v) is 6.12. The summed E-state index contributed by atoms with van der Waals surface area (Å²) < 4.78 is 0. The lowest BCUT2D eigenvalue weighted by Crippen LogP contribution is -2.33. The molecule has 4 nitrogen and oxygen atoms in total. The first-order chi connectivity index (χ1) is 9.58. The zero-order valence-corrected chi connectivity index (χ0v) is 12.5. The topological polar surface area (TPSA) is 59.2 Å². The van der Waals surface area contributed by atoms with Crippen LogP contribution in [-0.2, 0) is 0 Å². The molecular formula is C15H17N3OS. The van der Waals surface area contributed by atoms with Gasteiger partial charge in [-0.05, 0) is 31.9 Å². The Morgan fingerprint density at radius 1 is 1.40 bits per heavy atom. The largest absolute Gasteiger partial charge is 0.397 e. The Hall–Kier alpha value is -1.88. The molecule has 0 aromatic carbocycles. The van der Waals surface area contributed by atoms with Gasteiger partial charge in [-0.25, -0.2) is 4.98 Å². The molecule has 0 spiro atoms. The standard InChI is InChI=1S/C15H17N3OS/c1-9-8-10(2)17-14-11(9)12(16)13(20-14)15(19)18-6-4-3-5-7-18/h3-4,8H,5-7,16H2,1-2H3.